The normalized spacial score (nSPS) is 12.4. The van der Waals surface area contributed by atoms with Gasteiger partial charge in [-0.05, 0) is 31.5 Å². The van der Waals surface area contributed by atoms with Gasteiger partial charge in [-0.2, -0.15) is 5.10 Å². The van der Waals surface area contributed by atoms with Crippen LogP contribution in [0.5, 0.6) is 0 Å². The minimum atomic E-state index is -0.133. The molecule has 0 aliphatic rings. The lowest BCUT2D eigenvalue weighted by Crippen LogP contribution is -2.43. The fourth-order valence-electron chi connectivity index (χ4n) is 2.79. The van der Waals surface area contributed by atoms with Gasteiger partial charge in [0.05, 0.1) is 15.7 Å². The topological polar surface area (TPSA) is 54.2 Å². The molecular weight excluding hydrogens is 369 g/mol. The summed E-state index contributed by atoms with van der Waals surface area (Å²) in [6.07, 6.45) is 0. The number of aliphatic imine (C=N–C) groups is 1. The predicted octanol–water partition coefficient (Wildman–Crippen LogP) is 3.99. The van der Waals surface area contributed by atoms with Crippen LogP contribution in [0.1, 0.15) is 36.4 Å². The van der Waals surface area contributed by atoms with E-state index in [0.717, 1.165) is 22.9 Å². The Morgan fingerprint density at radius 3 is 2.42 bits per heavy atom. The number of aromatic nitrogens is 2. The number of nitrogens with zero attached hydrogens (tertiary/aromatic N) is 3. The number of benzene rings is 1. The second-order valence-electron chi connectivity index (χ2n) is 7.07. The van der Waals surface area contributed by atoms with Crippen molar-refractivity contribution in [1.82, 2.24) is 20.4 Å². The highest BCUT2D eigenvalue weighted by atomic mass is 35.5. The number of nitrogens with one attached hydrogen (secondary N) is 2. The first kappa shape index (κ1) is 20.6. The lowest BCUT2D eigenvalue weighted by molar-refractivity contribution is 0.508. The Kier molecular flexibility index (Phi) is 6.58. The summed E-state index contributed by atoms with van der Waals surface area (Å²) in [5.41, 5.74) is 4.37. The number of aryl methyl sites for hydroxylation is 2. The van der Waals surface area contributed by atoms with Gasteiger partial charge in [-0.15, -0.1) is 0 Å². The Labute approximate surface area is 165 Å². The molecule has 0 saturated heterocycles. The molecule has 7 heteroatoms. The third-order valence-corrected chi connectivity index (χ3v) is 5.45. The van der Waals surface area contributed by atoms with Gasteiger partial charge in [0.15, 0.2) is 5.96 Å². The van der Waals surface area contributed by atoms with Gasteiger partial charge < -0.3 is 10.6 Å². The molecule has 0 unspecified atom stereocenters. The Morgan fingerprint density at radius 1 is 1.19 bits per heavy atom. The van der Waals surface area contributed by atoms with E-state index < -0.39 is 0 Å². The molecule has 1 heterocycles. The molecular formula is C19H27Cl2N5. The van der Waals surface area contributed by atoms with Gasteiger partial charge in [0.1, 0.15) is 0 Å². The number of hydrogen-bond acceptors (Lipinski definition) is 2. The highest BCUT2D eigenvalue weighted by Crippen LogP contribution is 2.29. The van der Waals surface area contributed by atoms with Crippen molar-refractivity contribution in [1.29, 1.82) is 0 Å². The van der Waals surface area contributed by atoms with Gasteiger partial charge in [0.2, 0.25) is 0 Å². The third kappa shape index (κ3) is 4.71. The standard InChI is InChI=1S/C19H27Cl2N5/c1-12-15(13(2)26(6)25-12)10-23-18(22-5)24-11-19(3,4)14-7-8-16(20)17(21)9-14/h7-9H,10-11H2,1-6H3,(H2,22,23,24). The van der Waals surface area contributed by atoms with Gasteiger partial charge in [0.25, 0.3) is 0 Å². The molecule has 0 radical (unpaired) electrons. The molecule has 0 aliphatic heterocycles. The zero-order chi connectivity index (χ0) is 19.5. The smallest absolute Gasteiger partial charge is 0.191 e. The Bertz CT molecular complexity index is 809. The average molecular weight is 396 g/mol. The van der Waals surface area contributed by atoms with Crippen LogP contribution in [0.4, 0.5) is 0 Å². The van der Waals surface area contributed by atoms with Crippen molar-refractivity contribution >= 4 is 29.2 Å². The van der Waals surface area contributed by atoms with Gasteiger partial charge >= 0.3 is 0 Å². The molecule has 2 aromatic rings. The van der Waals surface area contributed by atoms with E-state index >= 15 is 0 Å². The zero-order valence-electron chi connectivity index (χ0n) is 16.2. The van der Waals surface area contributed by atoms with E-state index in [9.17, 15) is 0 Å². The molecule has 142 valence electrons. The summed E-state index contributed by atoms with van der Waals surface area (Å²) >= 11 is 12.2. The minimum Gasteiger partial charge on any atom is -0.356 e. The largest absolute Gasteiger partial charge is 0.356 e. The monoisotopic (exact) mass is 395 g/mol. The fraction of sp³-hybridized carbons (Fsp3) is 0.474. The third-order valence-electron chi connectivity index (χ3n) is 4.71. The predicted molar refractivity (Wildman–Crippen MR) is 110 cm³/mol. The maximum atomic E-state index is 6.16. The Balaban J connectivity index is 2.00. The minimum absolute atomic E-state index is 0.133. The number of rotatable bonds is 5. The van der Waals surface area contributed by atoms with E-state index in [0.29, 0.717) is 23.1 Å². The Morgan fingerprint density at radius 2 is 1.88 bits per heavy atom. The highest BCUT2D eigenvalue weighted by molar-refractivity contribution is 6.42. The first-order valence-corrected chi connectivity index (χ1v) is 9.30. The molecule has 2 rings (SSSR count). The number of hydrogen-bond donors (Lipinski definition) is 2. The highest BCUT2D eigenvalue weighted by Gasteiger charge is 2.22. The van der Waals surface area contributed by atoms with E-state index in [1.54, 1.807) is 7.05 Å². The van der Waals surface area contributed by atoms with Crippen LogP contribution in [0, 0.1) is 13.8 Å². The van der Waals surface area contributed by atoms with Crippen molar-refractivity contribution in [2.75, 3.05) is 13.6 Å². The molecule has 0 bridgehead atoms. The van der Waals surface area contributed by atoms with Crippen LogP contribution in [-0.2, 0) is 19.0 Å². The summed E-state index contributed by atoms with van der Waals surface area (Å²) < 4.78 is 1.90. The second kappa shape index (κ2) is 8.31. The van der Waals surface area contributed by atoms with Gasteiger partial charge in [0, 0.05) is 43.9 Å². The molecule has 0 amide bonds. The van der Waals surface area contributed by atoms with Crippen LogP contribution in [0.2, 0.25) is 10.0 Å². The maximum absolute atomic E-state index is 6.16. The summed E-state index contributed by atoms with van der Waals surface area (Å²) in [6.45, 7) is 9.78. The lowest BCUT2D eigenvalue weighted by Gasteiger charge is -2.27. The lowest BCUT2D eigenvalue weighted by atomic mass is 9.84. The SMILES string of the molecule is CN=C(NCc1c(C)nn(C)c1C)NCC(C)(C)c1ccc(Cl)c(Cl)c1. The van der Waals surface area contributed by atoms with E-state index in [-0.39, 0.29) is 5.41 Å². The molecule has 1 aromatic carbocycles. The van der Waals surface area contributed by atoms with Crippen molar-refractivity contribution in [2.24, 2.45) is 12.0 Å². The second-order valence-corrected chi connectivity index (χ2v) is 7.88. The summed E-state index contributed by atoms with van der Waals surface area (Å²) in [7, 11) is 3.73. The van der Waals surface area contributed by atoms with E-state index in [1.807, 2.05) is 36.9 Å². The molecule has 1 aromatic heterocycles. The molecule has 0 atom stereocenters. The van der Waals surface area contributed by atoms with Crippen LogP contribution in [0.15, 0.2) is 23.2 Å². The van der Waals surface area contributed by atoms with Crippen molar-refractivity contribution < 1.29 is 0 Å². The van der Waals surface area contributed by atoms with Gasteiger partial charge in [-0.3, -0.25) is 9.67 Å². The van der Waals surface area contributed by atoms with Crippen LogP contribution < -0.4 is 10.6 Å². The molecule has 0 aliphatic carbocycles. The molecule has 2 N–H and O–H groups in total. The van der Waals surface area contributed by atoms with E-state index in [1.165, 1.54) is 5.56 Å². The van der Waals surface area contributed by atoms with E-state index in [4.69, 9.17) is 23.2 Å². The number of halogens is 2. The summed E-state index contributed by atoms with van der Waals surface area (Å²) in [4.78, 5) is 4.32. The van der Waals surface area contributed by atoms with Crippen LogP contribution in [0.25, 0.3) is 0 Å². The summed E-state index contributed by atoms with van der Waals surface area (Å²) in [6, 6.07) is 5.76. The first-order chi connectivity index (χ1) is 12.2. The zero-order valence-corrected chi connectivity index (χ0v) is 17.8. The molecule has 5 nitrogen and oxygen atoms in total. The Hall–Kier alpha value is -1.72. The molecule has 0 saturated carbocycles. The van der Waals surface area contributed by atoms with Crippen LogP contribution in [0.3, 0.4) is 0 Å². The first-order valence-electron chi connectivity index (χ1n) is 8.55. The van der Waals surface area contributed by atoms with Crippen molar-refractivity contribution in [3.8, 4) is 0 Å². The van der Waals surface area contributed by atoms with Crippen molar-refractivity contribution in [3.63, 3.8) is 0 Å². The fourth-order valence-corrected chi connectivity index (χ4v) is 3.09. The molecule has 26 heavy (non-hydrogen) atoms. The van der Waals surface area contributed by atoms with Gasteiger partial charge in [-0.1, -0.05) is 43.1 Å². The van der Waals surface area contributed by atoms with Gasteiger partial charge in [-0.25, -0.2) is 0 Å². The maximum Gasteiger partial charge on any atom is 0.191 e. The summed E-state index contributed by atoms with van der Waals surface area (Å²) in [5, 5.41) is 12.3. The average Bonchev–Trinajstić information content (AvgIpc) is 2.83. The van der Waals surface area contributed by atoms with Crippen molar-refractivity contribution in [3.05, 3.63) is 50.8 Å². The van der Waals surface area contributed by atoms with E-state index in [2.05, 4.69) is 41.5 Å². The van der Waals surface area contributed by atoms with Crippen LogP contribution in [-0.4, -0.2) is 29.3 Å². The van der Waals surface area contributed by atoms with Crippen molar-refractivity contribution in [2.45, 2.75) is 39.7 Å². The molecule has 0 spiro atoms. The van der Waals surface area contributed by atoms with Crippen LogP contribution >= 0.6 is 23.2 Å². The molecule has 0 fully saturated rings. The quantitative estimate of drug-likeness (QED) is 0.594. The number of guanidine groups is 1. The summed E-state index contributed by atoms with van der Waals surface area (Å²) in [5.74, 6) is 0.751.